The number of fused-ring (bicyclic) bond motifs is 5. The zero-order chi connectivity index (χ0) is 25.0. The molecule has 0 saturated heterocycles. The summed E-state index contributed by atoms with van der Waals surface area (Å²) >= 11 is 0. The maximum atomic E-state index is 12.5. The van der Waals surface area contributed by atoms with E-state index in [-0.39, 0.29) is 22.5 Å². The van der Waals surface area contributed by atoms with Crippen LogP contribution >= 0.6 is 0 Å². The first-order valence-corrected chi connectivity index (χ1v) is 13.6. The van der Waals surface area contributed by atoms with Crippen LogP contribution in [0.15, 0.2) is 48.6 Å². The van der Waals surface area contributed by atoms with Crippen LogP contribution in [0.3, 0.4) is 0 Å². The summed E-state index contributed by atoms with van der Waals surface area (Å²) in [6, 6.07) is 6.98. The van der Waals surface area contributed by atoms with Crippen molar-refractivity contribution >= 4 is 5.78 Å². The van der Waals surface area contributed by atoms with Crippen molar-refractivity contribution in [2.45, 2.75) is 84.5 Å². The Morgan fingerprint density at radius 3 is 2.54 bits per heavy atom. The molecule has 1 aromatic carbocycles. The van der Waals surface area contributed by atoms with E-state index in [0.717, 1.165) is 44.1 Å². The lowest BCUT2D eigenvalue weighted by Gasteiger charge is -2.60. The van der Waals surface area contributed by atoms with Crippen LogP contribution in [-0.4, -0.2) is 21.8 Å². The molecule has 0 aliphatic heterocycles. The van der Waals surface area contributed by atoms with Crippen molar-refractivity contribution in [2.24, 2.45) is 40.4 Å². The number of allylic oxidation sites excluding steroid dienone is 2. The fourth-order valence-electron chi connectivity index (χ4n) is 8.80. The van der Waals surface area contributed by atoms with Crippen LogP contribution in [0, 0.1) is 40.4 Å². The molecule has 3 fully saturated rings. The highest BCUT2D eigenvalue weighted by molar-refractivity contribution is 5.79. The van der Waals surface area contributed by atoms with Gasteiger partial charge in [0.2, 0.25) is 0 Å². The van der Waals surface area contributed by atoms with Gasteiger partial charge in [-0.3, -0.25) is 4.79 Å². The predicted molar refractivity (Wildman–Crippen MR) is 137 cm³/mol. The minimum absolute atomic E-state index is 0.0755. The van der Waals surface area contributed by atoms with Crippen LogP contribution in [0.1, 0.15) is 77.7 Å². The zero-order valence-corrected chi connectivity index (χ0v) is 21.6. The van der Waals surface area contributed by atoms with E-state index < -0.39 is 5.79 Å². The number of hydrogen-bond acceptors (Lipinski definition) is 4. The van der Waals surface area contributed by atoms with E-state index in [1.165, 1.54) is 5.57 Å². The number of hydrogen-bond donors (Lipinski definition) is 2. The molecule has 35 heavy (non-hydrogen) atoms. The second kappa shape index (κ2) is 8.88. The largest absolute Gasteiger partial charge is 0.508 e. The Bertz CT molecular complexity index is 1010. The first-order valence-electron chi connectivity index (χ1n) is 13.6. The number of ether oxygens (including phenoxy) is 1. The Labute approximate surface area is 210 Å². The Kier molecular flexibility index (Phi) is 6.29. The van der Waals surface area contributed by atoms with E-state index in [1.807, 2.05) is 12.1 Å². The molecule has 0 radical (unpaired) electrons. The molecule has 8 atom stereocenters. The second-order valence-electron chi connectivity index (χ2n) is 12.5. The number of phenols is 1. The first kappa shape index (κ1) is 24.8. The summed E-state index contributed by atoms with van der Waals surface area (Å²) < 4.78 is 6.12. The number of carbonyl (C=O) groups is 1. The molecule has 2 unspecified atom stereocenters. The van der Waals surface area contributed by atoms with Gasteiger partial charge in [0.15, 0.2) is 5.79 Å². The number of ketones is 1. The highest BCUT2D eigenvalue weighted by Gasteiger charge is 2.62. The summed E-state index contributed by atoms with van der Waals surface area (Å²) in [5.74, 6) is 1.81. The van der Waals surface area contributed by atoms with Gasteiger partial charge in [0.1, 0.15) is 11.5 Å². The zero-order valence-electron chi connectivity index (χ0n) is 21.6. The van der Waals surface area contributed by atoms with Crippen molar-refractivity contribution in [3.63, 3.8) is 0 Å². The average Bonchev–Trinajstić information content (AvgIpc) is 3.17. The van der Waals surface area contributed by atoms with Crippen molar-refractivity contribution < 1.29 is 19.7 Å². The molecule has 4 aliphatic rings. The predicted octanol–water partition coefficient (Wildman–Crippen LogP) is 6.57. The highest BCUT2D eigenvalue weighted by Crippen LogP contribution is 2.68. The van der Waals surface area contributed by atoms with Crippen LogP contribution < -0.4 is 0 Å². The van der Waals surface area contributed by atoms with Crippen molar-refractivity contribution in [3.8, 4) is 5.75 Å². The molecule has 0 aromatic heterocycles. The molecule has 4 heteroatoms. The molecule has 3 saturated carbocycles. The Morgan fingerprint density at radius 1 is 1.11 bits per heavy atom. The number of benzene rings is 1. The molecular weight excluding hydrogens is 436 g/mol. The minimum Gasteiger partial charge on any atom is -0.508 e. The maximum absolute atomic E-state index is 12.5. The van der Waals surface area contributed by atoms with Gasteiger partial charge in [-0.1, -0.05) is 43.7 Å². The summed E-state index contributed by atoms with van der Waals surface area (Å²) in [6.45, 7) is 11.0. The molecule has 4 nitrogen and oxygen atoms in total. The number of aliphatic hydroxyl groups is 1. The third-order valence-electron chi connectivity index (χ3n) is 10.7. The van der Waals surface area contributed by atoms with Crippen LogP contribution in [0.25, 0.3) is 0 Å². The highest BCUT2D eigenvalue weighted by atomic mass is 16.6. The molecule has 0 bridgehead atoms. The first-order chi connectivity index (χ1) is 16.6. The monoisotopic (exact) mass is 478 g/mol. The third-order valence-corrected chi connectivity index (χ3v) is 10.7. The summed E-state index contributed by atoms with van der Waals surface area (Å²) in [6.07, 6.45) is 12.1. The van der Waals surface area contributed by atoms with Gasteiger partial charge in [0.25, 0.3) is 0 Å². The van der Waals surface area contributed by atoms with Crippen LogP contribution in [0.5, 0.6) is 5.75 Å². The van der Waals surface area contributed by atoms with Gasteiger partial charge in [-0.15, -0.1) is 6.58 Å². The lowest BCUT2D eigenvalue weighted by Crippen LogP contribution is -2.55. The van der Waals surface area contributed by atoms with Gasteiger partial charge < -0.3 is 14.9 Å². The fourth-order valence-corrected chi connectivity index (χ4v) is 8.80. The molecule has 4 aliphatic carbocycles. The van der Waals surface area contributed by atoms with Crippen LogP contribution in [0.4, 0.5) is 0 Å². The lowest BCUT2D eigenvalue weighted by molar-refractivity contribution is -0.232. The topological polar surface area (TPSA) is 66.8 Å². The van der Waals surface area contributed by atoms with Crippen LogP contribution in [-0.2, 0) is 16.1 Å². The van der Waals surface area contributed by atoms with E-state index in [4.69, 9.17) is 4.74 Å². The van der Waals surface area contributed by atoms with E-state index in [2.05, 4.69) is 32.6 Å². The Hall–Kier alpha value is -1.91. The van der Waals surface area contributed by atoms with Crippen molar-refractivity contribution in [1.82, 2.24) is 0 Å². The van der Waals surface area contributed by atoms with Gasteiger partial charge in [-0.05, 0) is 97.6 Å². The molecule has 5 rings (SSSR count). The maximum Gasteiger partial charge on any atom is 0.169 e. The third kappa shape index (κ3) is 4.11. The normalized spacial score (nSPS) is 42.4. The number of aromatic hydroxyl groups is 1. The summed E-state index contributed by atoms with van der Waals surface area (Å²) in [7, 11) is 0. The molecule has 0 amide bonds. The SMILES string of the molecule is C=CCC1C=C2CC(O)(OCc3ccc(O)cc3)CC[C@]2(C)[C@H]2CC[C@]3(C)[C@@H](C(C)=O)CC[C@H]3[C@H]12. The van der Waals surface area contributed by atoms with Crippen molar-refractivity contribution in [1.29, 1.82) is 0 Å². The molecule has 0 heterocycles. The van der Waals surface area contributed by atoms with E-state index in [0.29, 0.717) is 48.9 Å². The number of phenolic OH excluding ortho intramolecular Hbond substituents is 1. The van der Waals surface area contributed by atoms with Gasteiger partial charge in [0, 0.05) is 18.8 Å². The lowest BCUT2D eigenvalue weighted by atomic mass is 9.45. The molecule has 2 N–H and O–H groups in total. The number of rotatable bonds is 6. The number of carbonyl (C=O) groups excluding carboxylic acids is 1. The summed E-state index contributed by atoms with van der Waals surface area (Å²) in [5, 5.41) is 21.0. The summed E-state index contributed by atoms with van der Waals surface area (Å²) in [5.41, 5.74) is 2.50. The van der Waals surface area contributed by atoms with Crippen molar-refractivity contribution in [2.75, 3.05) is 0 Å². The van der Waals surface area contributed by atoms with E-state index >= 15 is 0 Å². The molecule has 0 spiro atoms. The fraction of sp³-hybridized carbons (Fsp3) is 0.645. The van der Waals surface area contributed by atoms with Crippen LogP contribution in [0.2, 0.25) is 0 Å². The smallest absolute Gasteiger partial charge is 0.169 e. The average molecular weight is 479 g/mol. The molecule has 1 aromatic rings. The Morgan fingerprint density at radius 2 is 1.86 bits per heavy atom. The van der Waals surface area contributed by atoms with Gasteiger partial charge in [-0.2, -0.15) is 0 Å². The van der Waals surface area contributed by atoms with Gasteiger partial charge >= 0.3 is 0 Å². The standard InChI is InChI=1S/C31H42O4/c1-5-6-22-17-23-18-31(34,35-19-21-7-9-24(33)10-8-21)16-15-29(23,3)27-13-14-30(4)25(20(2)32)11-12-26(30)28(22)27/h5,7-10,17,22,25-28,33-34H,1,6,11-16,18-19H2,2-4H3/t22?,25-,26+,27+,28+,29+,30-,31?/m1/s1. The molecular formula is C31H42O4. The van der Waals surface area contributed by atoms with E-state index in [9.17, 15) is 15.0 Å². The summed E-state index contributed by atoms with van der Waals surface area (Å²) in [4.78, 5) is 12.5. The quantitative estimate of drug-likeness (QED) is 0.359. The molecule has 190 valence electrons. The number of Topliss-reactive ketones (excluding diaryl/α,β-unsaturated/α-hetero) is 1. The Balaban J connectivity index is 1.41. The van der Waals surface area contributed by atoms with Gasteiger partial charge in [0.05, 0.1) is 6.61 Å². The second-order valence-corrected chi connectivity index (χ2v) is 12.5. The minimum atomic E-state index is -1.16. The van der Waals surface area contributed by atoms with Gasteiger partial charge in [-0.25, -0.2) is 0 Å². The van der Waals surface area contributed by atoms with E-state index in [1.54, 1.807) is 19.1 Å². The van der Waals surface area contributed by atoms with Crippen molar-refractivity contribution in [3.05, 3.63) is 54.1 Å².